The fraction of sp³-hybridized carbons (Fsp3) is 0.875. The first-order valence-electron chi connectivity index (χ1n) is 11.2. The molecule has 146 valence electrons. The Labute approximate surface area is 160 Å². The van der Waals surface area contributed by atoms with E-state index in [4.69, 9.17) is 4.74 Å². The summed E-state index contributed by atoms with van der Waals surface area (Å²) in [6, 6.07) is 0. The molecule has 0 aliphatic heterocycles. The zero-order valence-electron chi connectivity index (χ0n) is 17.4. The van der Waals surface area contributed by atoms with Crippen molar-refractivity contribution in [3.63, 3.8) is 0 Å². The predicted octanol–water partition coefficient (Wildman–Crippen LogP) is 6.30. The van der Waals surface area contributed by atoms with Gasteiger partial charge in [-0.2, -0.15) is 0 Å². The standard InChI is InChI=1S/C24H38O2/c1-5-6-17-8-10-21-20-9-7-18-15-19(26-16(2)25)11-13-24(18,4)22(20)12-14-23(17,21)3/h6,18-22H,5,7-15H2,1-4H3/b17-6-/t18-,19+,20+,21+,22+,23-,24-/m0/s1. The fourth-order valence-electron chi connectivity index (χ4n) is 7.99. The third-order valence-corrected chi connectivity index (χ3v) is 9.25. The van der Waals surface area contributed by atoms with Gasteiger partial charge in [-0.1, -0.05) is 32.4 Å². The number of ether oxygens (including phenoxy) is 1. The first-order chi connectivity index (χ1) is 12.4. The van der Waals surface area contributed by atoms with Gasteiger partial charge in [0.05, 0.1) is 0 Å². The molecule has 0 aromatic carbocycles. The summed E-state index contributed by atoms with van der Waals surface area (Å²) in [5.74, 6) is 3.42. The van der Waals surface area contributed by atoms with Gasteiger partial charge < -0.3 is 4.74 Å². The number of rotatable bonds is 2. The summed E-state index contributed by atoms with van der Waals surface area (Å²) in [5.41, 5.74) is 2.77. The lowest BCUT2D eigenvalue weighted by atomic mass is 9.45. The van der Waals surface area contributed by atoms with E-state index >= 15 is 0 Å². The van der Waals surface area contributed by atoms with E-state index in [2.05, 4.69) is 26.8 Å². The lowest BCUT2D eigenvalue weighted by Gasteiger charge is -2.60. The van der Waals surface area contributed by atoms with Crippen LogP contribution in [0.5, 0.6) is 0 Å². The number of hydrogen-bond donors (Lipinski definition) is 0. The second-order valence-corrected chi connectivity index (χ2v) is 10.3. The summed E-state index contributed by atoms with van der Waals surface area (Å²) in [6.07, 6.45) is 15.8. The first-order valence-corrected chi connectivity index (χ1v) is 11.2. The van der Waals surface area contributed by atoms with E-state index in [9.17, 15) is 4.79 Å². The molecular formula is C24H38O2. The molecule has 2 heteroatoms. The minimum Gasteiger partial charge on any atom is -0.463 e. The van der Waals surface area contributed by atoms with Crippen molar-refractivity contribution in [1.82, 2.24) is 0 Å². The molecule has 26 heavy (non-hydrogen) atoms. The van der Waals surface area contributed by atoms with Crippen molar-refractivity contribution in [3.8, 4) is 0 Å². The minimum absolute atomic E-state index is 0.0954. The van der Waals surface area contributed by atoms with Gasteiger partial charge in [0.1, 0.15) is 6.10 Å². The average molecular weight is 359 g/mol. The zero-order chi connectivity index (χ0) is 18.5. The molecule has 4 fully saturated rings. The van der Waals surface area contributed by atoms with Gasteiger partial charge in [-0.15, -0.1) is 0 Å². The van der Waals surface area contributed by atoms with Crippen LogP contribution in [-0.4, -0.2) is 12.1 Å². The predicted molar refractivity (Wildman–Crippen MR) is 106 cm³/mol. The van der Waals surface area contributed by atoms with E-state index in [1.165, 1.54) is 51.4 Å². The summed E-state index contributed by atoms with van der Waals surface area (Å²) in [6.45, 7) is 9.05. The van der Waals surface area contributed by atoms with E-state index in [0.29, 0.717) is 10.8 Å². The van der Waals surface area contributed by atoms with Crippen molar-refractivity contribution < 1.29 is 9.53 Å². The van der Waals surface area contributed by atoms with Gasteiger partial charge >= 0.3 is 5.97 Å². The minimum atomic E-state index is -0.0954. The largest absolute Gasteiger partial charge is 0.463 e. The molecule has 4 aliphatic rings. The smallest absolute Gasteiger partial charge is 0.302 e. The van der Waals surface area contributed by atoms with Crippen LogP contribution in [0, 0.1) is 34.5 Å². The van der Waals surface area contributed by atoms with Crippen LogP contribution >= 0.6 is 0 Å². The molecule has 7 atom stereocenters. The van der Waals surface area contributed by atoms with Crippen molar-refractivity contribution in [3.05, 3.63) is 11.6 Å². The SMILES string of the molecule is CC/C=C1/CC[C@@H]2[C@H]3CC[C@H]4C[C@H](OC(C)=O)CC[C@]4(C)[C@@H]3CC[C@@]12C. The Morgan fingerprint density at radius 1 is 1.12 bits per heavy atom. The first kappa shape index (κ1) is 18.6. The average Bonchev–Trinajstić information content (AvgIpc) is 2.92. The quantitative estimate of drug-likeness (QED) is 0.428. The molecule has 0 bridgehead atoms. The van der Waals surface area contributed by atoms with Crippen LogP contribution in [0.15, 0.2) is 11.6 Å². The van der Waals surface area contributed by atoms with Crippen LogP contribution in [0.1, 0.15) is 91.9 Å². The van der Waals surface area contributed by atoms with E-state index < -0.39 is 0 Å². The van der Waals surface area contributed by atoms with Crippen molar-refractivity contribution in [2.75, 3.05) is 0 Å². The second kappa shape index (κ2) is 6.67. The third kappa shape index (κ3) is 2.78. The summed E-state index contributed by atoms with van der Waals surface area (Å²) in [4.78, 5) is 11.4. The monoisotopic (exact) mass is 358 g/mol. The summed E-state index contributed by atoms with van der Waals surface area (Å²) < 4.78 is 5.60. The molecule has 4 aliphatic carbocycles. The Morgan fingerprint density at radius 3 is 2.65 bits per heavy atom. The second-order valence-electron chi connectivity index (χ2n) is 10.3. The van der Waals surface area contributed by atoms with Gasteiger partial charge in [0.15, 0.2) is 0 Å². The van der Waals surface area contributed by atoms with E-state index in [-0.39, 0.29) is 12.1 Å². The Bertz CT molecular complexity index is 593. The third-order valence-electron chi connectivity index (χ3n) is 9.25. The number of esters is 1. The highest BCUT2D eigenvalue weighted by Crippen LogP contribution is 2.67. The summed E-state index contributed by atoms with van der Waals surface area (Å²) in [5, 5.41) is 0. The van der Waals surface area contributed by atoms with Crippen molar-refractivity contribution >= 4 is 5.97 Å². The van der Waals surface area contributed by atoms with Crippen LogP contribution in [-0.2, 0) is 9.53 Å². The van der Waals surface area contributed by atoms with Crippen LogP contribution < -0.4 is 0 Å². The van der Waals surface area contributed by atoms with Gasteiger partial charge in [0, 0.05) is 6.92 Å². The van der Waals surface area contributed by atoms with Crippen LogP contribution in [0.2, 0.25) is 0 Å². The molecule has 0 heterocycles. The maximum atomic E-state index is 11.4. The molecule has 4 rings (SSSR count). The van der Waals surface area contributed by atoms with Gasteiger partial charge in [0.2, 0.25) is 0 Å². The molecule has 0 aromatic heterocycles. The van der Waals surface area contributed by atoms with Crippen LogP contribution in [0.3, 0.4) is 0 Å². The molecule has 0 spiro atoms. The van der Waals surface area contributed by atoms with Crippen molar-refractivity contribution in [2.45, 2.75) is 98.0 Å². The van der Waals surface area contributed by atoms with Gasteiger partial charge in [0.25, 0.3) is 0 Å². The van der Waals surface area contributed by atoms with E-state index in [1.807, 2.05) is 0 Å². The van der Waals surface area contributed by atoms with Crippen molar-refractivity contribution in [2.24, 2.45) is 34.5 Å². The summed E-state index contributed by atoms with van der Waals surface area (Å²) >= 11 is 0. The fourth-order valence-corrected chi connectivity index (χ4v) is 7.99. The van der Waals surface area contributed by atoms with Gasteiger partial charge in [-0.25, -0.2) is 0 Å². The molecule has 0 aromatic rings. The molecule has 0 saturated heterocycles. The lowest BCUT2D eigenvalue weighted by molar-refractivity contribution is -0.158. The van der Waals surface area contributed by atoms with E-state index in [1.54, 1.807) is 12.5 Å². The Morgan fingerprint density at radius 2 is 1.92 bits per heavy atom. The Hall–Kier alpha value is -0.790. The van der Waals surface area contributed by atoms with E-state index in [0.717, 1.165) is 36.5 Å². The molecule has 0 radical (unpaired) electrons. The number of carbonyl (C=O) groups excluding carboxylic acids is 1. The maximum absolute atomic E-state index is 11.4. The lowest BCUT2D eigenvalue weighted by Crippen LogP contribution is -2.53. The molecule has 0 unspecified atom stereocenters. The summed E-state index contributed by atoms with van der Waals surface area (Å²) in [7, 11) is 0. The number of hydrogen-bond acceptors (Lipinski definition) is 2. The van der Waals surface area contributed by atoms with Gasteiger partial charge in [-0.3, -0.25) is 4.79 Å². The zero-order valence-corrected chi connectivity index (χ0v) is 17.4. The van der Waals surface area contributed by atoms with Gasteiger partial charge in [-0.05, 0) is 98.7 Å². The number of allylic oxidation sites excluding steroid dienone is 2. The highest BCUT2D eigenvalue weighted by Gasteiger charge is 2.59. The number of fused-ring (bicyclic) bond motifs is 5. The Kier molecular flexibility index (Phi) is 4.77. The van der Waals surface area contributed by atoms with Crippen molar-refractivity contribution in [1.29, 1.82) is 0 Å². The normalized spacial score (nSPS) is 49.2. The molecule has 2 nitrogen and oxygen atoms in total. The topological polar surface area (TPSA) is 26.3 Å². The molecule has 4 saturated carbocycles. The molecule has 0 amide bonds. The molecular weight excluding hydrogens is 320 g/mol. The van der Waals surface area contributed by atoms with Crippen LogP contribution in [0.4, 0.5) is 0 Å². The maximum Gasteiger partial charge on any atom is 0.302 e. The Balaban J connectivity index is 1.54. The molecule has 0 N–H and O–H groups in total. The highest BCUT2D eigenvalue weighted by atomic mass is 16.5. The highest BCUT2D eigenvalue weighted by molar-refractivity contribution is 5.66. The number of carbonyl (C=O) groups is 1. The van der Waals surface area contributed by atoms with Crippen LogP contribution in [0.25, 0.3) is 0 Å².